The number of nitrogens with one attached hydrogen (secondary N) is 2. The predicted molar refractivity (Wildman–Crippen MR) is 130 cm³/mol. The van der Waals surface area contributed by atoms with Gasteiger partial charge >= 0.3 is 6.03 Å². The summed E-state index contributed by atoms with van der Waals surface area (Å²) in [5.74, 6) is -1.70. The van der Waals surface area contributed by atoms with Crippen LogP contribution in [0.4, 0.5) is 19.3 Å². The third-order valence-electron chi connectivity index (χ3n) is 6.29. The summed E-state index contributed by atoms with van der Waals surface area (Å²) in [6.45, 7) is 1.44. The van der Waals surface area contributed by atoms with E-state index in [-0.39, 0.29) is 34.1 Å². The van der Waals surface area contributed by atoms with Crippen molar-refractivity contribution in [3.05, 3.63) is 60.1 Å². The van der Waals surface area contributed by atoms with Crippen LogP contribution in [0.5, 0.6) is 11.5 Å². The van der Waals surface area contributed by atoms with Crippen molar-refractivity contribution in [2.75, 3.05) is 25.5 Å². The maximum Gasteiger partial charge on any atom is 0.321 e. The highest BCUT2D eigenvalue weighted by Gasteiger charge is 2.24. The molecule has 0 aliphatic carbocycles. The Bertz CT molecular complexity index is 1440. The Morgan fingerprint density at radius 1 is 1.19 bits per heavy atom. The maximum absolute atomic E-state index is 14.9. The summed E-state index contributed by atoms with van der Waals surface area (Å²) in [5, 5.41) is 16.0. The molecule has 2 amide bonds. The van der Waals surface area contributed by atoms with Crippen molar-refractivity contribution in [2.24, 2.45) is 0 Å². The number of urea groups is 1. The second kappa shape index (κ2) is 9.86. The largest absolute Gasteiger partial charge is 0.506 e. The molecular formula is C25H24F2N6O3. The van der Waals surface area contributed by atoms with Crippen LogP contribution in [0.15, 0.2) is 42.7 Å². The van der Waals surface area contributed by atoms with Crippen molar-refractivity contribution in [3.8, 4) is 11.5 Å². The first-order valence-electron chi connectivity index (χ1n) is 11.5. The van der Waals surface area contributed by atoms with Gasteiger partial charge in [0.1, 0.15) is 16.8 Å². The number of aromatic hydroxyl groups is 1. The van der Waals surface area contributed by atoms with E-state index in [9.17, 15) is 18.7 Å². The van der Waals surface area contributed by atoms with E-state index in [4.69, 9.17) is 4.74 Å². The molecule has 11 heteroatoms. The number of amides is 2. The second-order valence-corrected chi connectivity index (χ2v) is 8.54. The van der Waals surface area contributed by atoms with E-state index in [1.54, 1.807) is 29.3 Å². The number of carbonyl (C=O) groups excluding carboxylic acids is 1. The number of benzene rings is 2. The molecule has 0 unspecified atom stereocenters. The van der Waals surface area contributed by atoms with E-state index in [0.29, 0.717) is 49.2 Å². The Morgan fingerprint density at radius 3 is 2.78 bits per heavy atom. The van der Waals surface area contributed by atoms with Gasteiger partial charge in [-0.25, -0.2) is 18.6 Å². The first kappa shape index (κ1) is 23.6. The molecule has 1 aliphatic rings. The number of pyridine rings is 1. The Morgan fingerprint density at radius 2 is 2.00 bits per heavy atom. The molecule has 3 N–H and O–H groups in total. The number of para-hydroxylation sites is 1. The van der Waals surface area contributed by atoms with Crippen LogP contribution in [0.1, 0.15) is 18.5 Å². The molecule has 0 saturated carbocycles. The average molecular weight is 495 g/mol. The number of anilines is 1. The normalized spacial score (nSPS) is 14.4. The number of nitrogens with zero attached hydrogens (tertiary/aromatic N) is 4. The third kappa shape index (κ3) is 4.57. The molecule has 186 valence electrons. The minimum Gasteiger partial charge on any atom is -0.506 e. The Kier molecular flexibility index (Phi) is 6.47. The van der Waals surface area contributed by atoms with Gasteiger partial charge in [-0.2, -0.15) is 0 Å². The van der Waals surface area contributed by atoms with Gasteiger partial charge in [0, 0.05) is 37.9 Å². The smallest absolute Gasteiger partial charge is 0.321 e. The van der Waals surface area contributed by atoms with Gasteiger partial charge in [0.05, 0.1) is 35.6 Å². The molecule has 2 aromatic heterocycles. The van der Waals surface area contributed by atoms with Crippen molar-refractivity contribution in [1.29, 1.82) is 0 Å². The number of likely N-dealkylation sites (tertiary alicyclic amines) is 1. The average Bonchev–Trinajstić information content (AvgIpc) is 2.90. The molecule has 9 nitrogen and oxygen atoms in total. The zero-order chi connectivity index (χ0) is 25.2. The fourth-order valence-electron chi connectivity index (χ4n) is 4.36. The van der Waals surface area contributed by atoms with Crippen molar-refractivity contribution >= 4 is 33.7 Å². The first-order chi connectivity index (χ1) is 17.4. The van der Waals surface area contributed by atoms with Crippen molar-refractivity contribution < 1.29 is 23.4 Å². The SMILES string of the molecule is COc1cc(F)c2nccc(NC(=O)N3CCC(NCc4cnc5cccc(O)c5n4)CC3)c2c1F. The second-order valence-electron chi connectivity index (χ2n) is 8.54. The van der Waals surface area contributed by atoms with Crippen LogP contribution in [-0.2, 0) is 6.54 Å². The van der Waals surface area contributed by atoms with Crippen LogP contribution < -0.4 is 15.4 Å². The van der Waals surface area contributed by atoms with Gasteiger partial charge in [-0.3, -0.25) is 9.97 Å². The molecule has 3 heterocycles. The maximum atomic E-state index is 14.9. The number of hydrogen-bond acceptors (Lipinski definition) is 7. The lowest BCUT2D eigenvalue weighted by Crippen LogP contribution is -2.46. The molecular weight excluding hydrogens is 470 g/mol. The predicted octanol–water partition coefficient (Wildman–Crippen LogP) is 3.96. The summed E-state index contributed by atoms with van der Waals surface area (Å²) in [6, 6.07) is 7.20. The minimum atomic E-state index is -0.787. The van der Waals surface area contributed by atoms with Crippen molar-refractivity contribution in [2.45, 2.75) is 25.4 Å². The zero-order valence-electron chi connectivity index (χ0n) is 19.5. The highest BCUT2D eigenvalue weighted by molar-refractivity contribution is 6.01. The van der Waals surface area contributed by atoms with E-state index in [0.717, 1.165) is 6.07 Å². The van der Waals surface area contributed by atoms with Crippen LogP contribution >= 0.6 is 0 Å². The number of piperidine rings is 1. The number of aromatic nitrogens is 3. The van der Waals surface area contributed by atoms with E-state index in [1.165, 1.54) is 19.4 Å². The topological polar surface area (TPSA) is 112 Å². The third-order valence-corrected chi connectivity index (χ3v) is 6.29. The van der Waals surface area contributed by atoms with Crippen molar-refractivity contribution in [1.82, 2.24) is 25.2 Å². The molecule has 0 atom stereocenters. The van der Waals surface area contributed by atoms with Crippen LogP contribution in [0, 0.1) is 11.6 Å². The van der Waals surface area contributed by atoms with Gasteiger partial charge in [0.15, 0.2) is 17.4 Å². The Hall–Kier alpha value is -4.12. The van der Waals surface area contributed by atoms with Gasteiger partial charge in [0.25, 0.3) is 0 Å². The highest BCUT2D eigenvalue weighted by atomic mass is 19.1. The number of phenolic OH excluding ortho intramolecular Hbond substituents is 1. The molecule has 1 aliphatic heterocycles. The van der Waals surface area contributed by atoms with Crippen LogP contribution in [0.3, 0.4) is 0 Å². The molecule has 2 aromatic carbocycles. The summed E-state index contributed by atoms with van der Waals surface area (Å²) in [7, 11) is 1.24. The summed E-state index contributed by atoms with van der Waals surface area (Å²) in [5.41, 5.74) is 1.73. The molecule has 1 fully saturated rings. The van der Waals surface area contributed by atoms with Gasteiger partial charge in [-0.05, 0) is 31.0 Å². The zero-order valence-corrected chi connectivity index (χ0v) is 19.5. The molecule has 1 saturated heterocycles. The van der Waals surface area contributed by atoms with Gasteiger partial charge in [-0.1, -0.05) is 6.07 Å². The number of ether oxygens (including phenoxy) is 1. The Balaban J connectivity index is 1.20. The van der Waals surface area contributed by atoms with Crippen LogP contribution in [0.25, 0.3) is 21.9 Å². The number of methoxy groups -OCH3 is 1. The lowest BCUT2D eigenvalue weighted by molar-refractivity contribution is 0.188. The number of hydrogen-bond donors (Lipinski definition) is 3. The van der Waals surface area contributed by atoms with Gasteiger partial charge in [-0.15, -0.1) is 0 Å². The summed E-state index contributed by atoms with van der Waals surface area (Å²) < 4.78 is 34.1. The molecule has 0 spiro atoms. The summed E-state index contributed by atoms with van der Waals surface area (Å²) in [6.07, 6.45) is 4.40. The van der Waals surface area contributed by atoms with E-state index in [2.05, 4.69) is 25.6 Å². The lowest BCUT2D eigenvalue weighted by Gasteiger charge is -2.32. The molecule has 5 rings (SSSR count). The van der Waals surface area contributed by atoms with Crippen molar-refractivity contribution in [3.63, 3.8) is 0 Å². The summed E-state index contributed by atoms with van der Waals surface area (Å²) >= 11 is 0. The van der Waals surface area contributed by atoms with E-state index >= 15 is 0 Å². The molecule has 4 aromatic rings. The highest BCUT2D eigenvalue weighted by Crippen LogP contribution is 2.33. The number of fused-ring (bicyclic) bond motifs is 2. The minimum absolute atomic E-state index is 0.0872. The molecule has 0 bridgehead atoms. The van der Waals surface area contributed by atoms with Crippen LogP contribution in [-0.4, -0.2) is 57.2 Å². The number of rotatable bonds is 5. The molecule has 36 heavy (non-hydrogen) atoms. The standard InChI is InChI=1S/C25H24F2N6O3/c1-36-20-11-16(26)23-21(22(20)27)17(5-8-28-23)32-25(35)33-9-6-14(7-10-33)29-12-15-13-30-18-3-2-4-19(34)24(18)31-15/h2-5,8,11,13-14,29,34H,6-7,9-10,12H2,1H3,(H,28,32,35). The summed E-state index contributed by atoms with van der Waals surface area (Å²) in [4.78, 5) is 27.2. The quantitative estimate of drug-likeness (QED) is 0.385. The number of carbonyl (C=O) groups is 1. The Labute approximate surface area is 205 Å². The van der Waals surface area contributed by atoms with Gasteiger partial charge < -0.3 is 25.4 Å². The fourth-order valence-corrected chi connectivity index (χ4v) is 4.36. The van der Waals surface area contributed by atoms with Gasteiger partial charge in [0.2, 0.25) is 0 Å². The fraction of sp³-hybridized carbons (Fsp3) is 0.280. The number of phenols is 1. The lowest BCUT2D eigenvalue weighted by atomic mass is 10.1. The van der Waals surface area contributed by atoms with Crippen LogP contribution in [0.2, 0.25) is 0 Å². The van der Waals surface area contributed by atoms with E-state index in [1.807, 2.05) is 0 Å². The van der Waals surface area contributed by atoms with E-state index < -0.39 is 17.7 Å². The number of halogens is 2. The first-order valence-corrected chi connectivity index (χ1v) is 11.5. The monoisotopic (exact) mass is 494 g/mol. The molecule has 0 radical (unpaired) electrons.